The van der Waals surface area contributed by atoms with Crippen LogP contribution in [-0.2, 0) is 10.0 Å². The van der Waals surface area contributed by atoms with Gasteiger partial charge in [-0.15, -0.1) is 11.3 Å². The monoisotopic (exact) mass is 385 g/mol. The van der Waals surface area contributed by atoms with E-state index in [-0.39, 0.29) is 9.99 Å². The van der Waals surface area contributed by atoms with E-state index in [0.717, 1.165) is 24.2 Å². The first-order valence-corrected chi connectivity index (χ1v) is 10.3. The standard InChI is InChI=1S/C17H20ClNO3S2/c1-12(13-6-8-14(18)9-7-13)4-3-5-15(20)16-10-11-17(23-16)24(21,22)19-2/h6-12,19H,3-5H2,1-2H3/t12-/m0/s1. The average Bonchev–Trinajstić information content (AvgIpc) is 3.06. The van der Waals surface area contributed by atoms with Crippen molar-refractivity contribution in [2.45, 2.75) is 36.3 Å². The molecule has 0 spiro atoms. The van der Waals surface area contributed by atoms with Gasteiger partial charge in [0.1, 0.15) is 4.21 Å². The molecule has 2 rings (SSSR count). The third-order valence-electron chi connectivity index (χ3n) is 3.87. The maximum absolute atomic E-state index is 12.2. The van der Waals surface area contributed by atoms with Crippen molar-refractivity contribution in [2.24, 2.45) is 0 Å². The molecule has 0 aliphatic rings. The highest BCUT2D eigenvalue weighted by Crippen LogP contribution is 2.26. The van der Waals surface area contributed by atoms with Crippen LogP contribution in [-0.4, -0.2) is 21.2 Å². The molecule has 1 aromatic carbocycles. The summed E-state index contributed by atoms with van der Waals surface area (Å²) in [5.74, 6) is 0.333. The second-order valence-electron chi connectivity index (χ2n) is 5.59. The Hall–Kier alpha value is -1.21. The molecule has 1 heterocycles. The van der Waals surface area contributed by atoms with E-state index in [9.17, 15) is 13.2 Å². The number of ketones is 1. The number of thiophene rings is 1. The molecule has 0 saturated heterocycles. The van der Waals surface area contributed by atoms with Crippen LogP contribution < -0.4 is 4.72 Å². The van der Waals surface area contributed by atoms with Crippen LogP contribution in [0.4, 0.5) is 0 Å². The van der Waals surface area contributed by atoms with Gasteiger partial charge in [0.25, 0.3) is 0 Å². The van der Waals surface area contributed by atoms with Gasteiger partial charge in [0.2, 0.25) is 10.0 Å². The molecule has 1 N–H and O–H groups in total. The average molecular weight is 386 g/mol. The molecule has 1 atom stereocenters. The quantitative estimate of drug-likeness (QED) is 0.682. The molecule has 0 aliphatic carbocycles. The second kappa shape index (κ2) is 8.25. The van der Waals surface area contributed by atoms with Crippen LogP contribution in [0.25, 0.3) is 0 Å². The van der Waals surface area contributed by atoms with Crippen molar-refractivity contribution >= 4 is 38.7 Å². The summed E-state index contributed by atoms with van der Waals surface area (Å²) < 4.78 is 25.8. The number of rotatable bonds is 8. The predicted molar refractivity (Wildman–Crippen MR) is 98.6 cm³/mol. The lowest BCUT2D eigenvalue weighted by Gasteiger charge is -2.11. The third kappa shape index (κ3) is 4.89. The topological polar surface area (TPSA) is 63.2 Å². The van der Waals surface area contributed by atoms with Crippen molar-refractivity contribution in [2.75, 3.05) is 7.05 Å². The summed E-state index contributed by atoms with van der Waals surface area (Å²) in [5, 5.41) is 0.714. The molecule has 0 saturated carbocycles. The summed E-state index contributed by atoms with van der Waals surface area (Å²) in [6, 6.07) is 10.8. The van der Waals surface area contributed by atoms with Gasteiger partial charge in [0, 0.05) is 11.4 Å². The van der Waals surface area contributed by atoms with Gasteiger partial charge in [0.15, 0.2) is 5.78 Å². The number of nitrogens with one attached hydrogen (secondary N) is 1. The number of benzene rings is 1. The van der Waals surface area contributed by atoms with Gasteiger partial charge in [-0.25, -0.2) is 13.1 Å². The van der Waals surface area contributed by atoms with Gasteiger partial charge >= 0.3 is 0 Å². The van der Waals surface area contributed by atoms with Crippen LogP contribution >= 0.6 is 22.9 Å². The molecule has 2 aromatic rings. The smallest absolute Gasteiger partial charge is 0.249 e. The van der Waals surface area contributed by atoms with Gasteiger partial charge in [-0.1, -0.05) is 30.7 Å². The molecule has 0 radical (unpaired) electrons. The summed E-state index contributed by atoms with van der Waals surface area (Å²) in [6.45, 7) is 2.12. The Morgan fingerprint density at radius 1 is 1.21 bits per heavy atom. The van der Waals surface area contributed by atoms with E-state index in [1.54, 1.807) is 6.07 Å². The van der Waals surface area contributed by atoms with E-state index < -0.39 is 10.0 Å². The Balaban J connectivity index is 1.88. The van der Waals surface area contributed by atoms with Gasteiger partial charge < -0.3 is 0 Å². The van der Waals surface area contributed by atoms with E-state index in [4.69, 9.17) is 11.6 Å². The number of Topliss-reactive ketones (excluding diaryl/α,β-unsaturated/α-hetero) is 1. The van der Waals surface area contributed by atoms with Crippen molar-refractivity contribution in [3.63, 3.8) is 0 Å². The molecule has 24 heavy (non-hydrogen) atoms. The Morgan fingerprint density at radius 2 is 1.88 bits per heavy atom. The molecule has 0 fully saturated rings. The van der Waals surface area contributed by atoms with Gasteiger partial charge in [0.05, 0.1) is 4.88 Å². The van der Waals surface area contributed by atoms with Crippen LogP contribution in [0.2, 0.25) is 5.02 Å². The Bertz CT molecular complexity index is 797. The molecule has 7 heteroatoms. The van der Waals surface area contributed by atoms with Crippen LogP contribution in [0.15, 0.2) is 40.6 Å². The number of hydrogen-bond acceptors (Lipinski definition) is 4. The molecule has 1 aromatic heterocycles. The molecule has 0 unspecified atom stereocenters. The summed E-state index contributed by atoms with van der Waals surface area (Å²) in [5.41, 5.74) is 1.20. The van der Waals surface area contributed by atoms with Gasteiger partial charge in [-0.3, -0.25) is 4.79 Å². The summed E-state index contributed by atoms with van der Waals surface area (Å²) in [4.78, 5) is 12.7. The molecular formula is C17H20ClNO3S2. The molecular weight excluding hydrogens is 366 g/mol. The van der Waals surface area contributed by atoms with Crippen molar-refractivity contribution in [1.82, 2.24) is 4.72 Å². The highest BCUT2D eigenvalue weighted by Gasteiger charge is 2.17. The third-order valence-corrected chi connectivity index (χ3v) is 7.15. The van der Waals surface area contributed by atoms with Crippen LogP contribution in [0.1, 0.15) is 47.3 Å². The zero-order chi connectivity index (χ0) is 17.7. The van der Waals surface area contributed by atoms with Crippen molar-refractivity contribution in [1.29, 1.82) is 0 Å². The fourth-order valence-corrected chi connectivity index (χ4v) is 4.60. The first kappa shape index (κ1) is 19.1. The van der Waals surface area contributed by atoms with Crippen molar-refractivity contribution in [3.05, 3.63) is 51.9 Å². The van der Waals surface area contributed by atoms with Crippen molar-refractivity contribution < 1.29 is 13.2 Å². The van der Waals surface area contributed by atoms with E-state index in [1.165, 1.54) is 18.7 Å². The minimum atomic E-state index is -3.48. The number of sulfonamides is 1. The summed E-state index contributed by atoms with van der Waals surface area (Å²) in [6.07, 6.45) is 2.06. The molecule has 4 nitrogen and oxygen atoms in total. The number of carbonyl (C=O) groups excluding carboxylic acids is 1. The Kier molecular flexibility index (Phi) is 6.57. The maximum Gasteiger partial charge on any atom is 0.249 e. The van der Waals surface area contributed by atoms with Gasteiger partial charge in [-0.05, 0) is 55.6 Å². The largest absolute Gasteiger partial charge is 0.293 e. The first-order chi connectivity index (χ1) is 11.3. The summed E-state index contributed by atoms with van der Waals surface area (Å²) in [7, 11) is -2.12. The number of hydrogen-bond donors (Lipinski definition) is 1. The van der Waals surface area contributed by atoms with Crippen molar-refractivity contribution in [3.8, 4) is 0 Å². The molecule has 130 valence electrons. The highest BCUT2D eigenvalue weighted by molar-refractivity contribution is 7.91. The van der Waals surface area contributed by atoms with Crippen LogP contribution in [0.5, 0.6) is 0 Å². The van der Waals surface area contributed by atoms with E-state index >= 15 is 0 Å². The minimum absolute atomic E-state index is 0.0131. The summed E-state index contributed by atoms with van der Waals surface area (Å²) >= 11 is 6.90. The second-order valence-corrected chi connectivity index (χ2v) is 9.23. The fraction of sp³-hybridized carbons (Fsp3) is 0.353. The maximum atomic E-state index is 12.2. The molecule has 0 amide bonds. The highest BCUT2D eigenvalue weighted by atomic mass is 35.5. The lowest BCUT2D eigenvalue weighted by molar-refractivity contribution is 0.0983. The van der Waals surface area contributed by atoms with E-state index in [1.807, 2.05) is 24.3 Å². The molecule has 0 bridgehead atoms. The fourth-order valence-electron chi connectivity index (χ4n) is 2.37. The molecule has 0 aliphatic heterocycles. The predicted octanol–water partition coefficient (Wildman–Crippen LogP) is 4.47. The van der Waals surface area contributed by atoms with E-state index in [2.05, 4.69) is 11.6 Å². The lowest BCUT2D eigenvalue weighted by atomic mass is 9.95. The van der Waals surface area contributed by atoms with Crippen LogP contribution in [0, 0.1) is 0 Å². The zero-order valence-corrected chi connectivity index (χ0v) is 16.0. The van der Waals surface area contributed by atoms with Gasteiger partial charge in [-0.2, -0.15) is 0 Å². The van der Waals surface area contributed by atoms with E-state index in [0.29, 0.717) is 22.2 Å². The normalized spacial score (nSPS) is 13.0. The Labute approximate surface area is 151 Å². The zero-order valence-electron chi connectivity index (χ0n) is 13.6. The number of halogens is 1. The Morgan fingerprint density at radius 3 is 2.50 bits per heavy atom. The lowest BCUT2D eigenvalue weighted by Crippen LogP contribution is -2.17. The first-order valence-electron chi connectivity index (χ1n) is 7.65. The SMILES string of the molecule is CNS(=O)(=O)c1ccc(C(=O)CCC[C@H](C)c2ccc(Cl)cc2)s1. The minimum Gasteiger partial charge on any atom is -0.293 e. The van der Waals surface area contributed by atoms with Crippen LogP contribution in [0.3, 0.4) is 0 Å². The number of carbonyl (C=O) groups is 1.